The van der Waals surface area contributed by atoms with Gasteiger partial charge >= 0.3 is 0 Å². The quantitative estimate of drug-likeness (QED) is 0.589. The molecule has 0 atom stereocenters. The number of nitrogens with one attached hydrogen (secondary N) is 2. The lowest BCUT2D eigenvalue weighted by molar-refractivity contribution is -0.121. The van der Waals surface area contributed by atoms with Crippen LogP contribution in [0.15, 0.2) is 0 Å². The van der Waals surface area contributed by atoms with Gasteiger partial charge in [-0.15, -0.1) is 0 Å². The van der Waals surface area contributed by atoms with Gasteiger partial charge in [-0.3, -0.25) is 9.59 Å². The molecule has 0 saturated carbocycles. The zero-order valence-corrected chi connectivity index (χ0v) is 10.5. The van der Waals surface area contributed by atoms with Gasteiger partial charge in [-0.25, -0.2) is 0 Å². The van der Waals surface area contributed by atoms with Crippen LogP contribution < -0.4 is 10.6 Å². The van der Waals surface area contributed by atoms with E-state index in [0.717, 1.165) is 25.7 Å². The fraction of sp³-hybridized carbons (Fsp3) is 0.833. The predicted molar refractivity (Wildman–Crippen MR) is 65.1 cm³/mol. The summed E-state index contributed by atoms with van der Waals surface area (Å²) >= 11 is 0. The van der Waals surface area contributed by atoms with Crippen molar-refractivity contribution in [2.75, 3.05) is 13.1 Å². The Balaban J connectivity index is 3.24. The van der Waals surface area contributed by atoms with Gasteiger partial charge in [0.25, 0.3) is 0 Å². The van der Waals surface area contributed by atoms with E-state index in [9.17, 15) is 9.59 Å². The van der Waals surface area contributed by atoms with Crippen molar-refractivity contribution in [3.8, 4) is 0 Å². The van der Waals surface area contributed by atoms with Crippen LogP contribution in [-0.2, 0) is 9.59 Å². The molecule has 0 rings (SSSR count). The van der Waals surface area contributed by atoms with E-state index in [1.807, 2.05) is 6.92 Å². The van der Waals surface area contributed by atoms with E-state index < -0.39 is 0 Å². The molecule has 0 aliphatic heterocycles. The summed E-state index contributed by atoms with van der Waals surface area (Å²) in [6.45, 7) is 5.23. The maximum Gasteiger partial charge on any atom is 0.219 e. The Bertz CT molecular complexity index is 205. The summed E-state index contributed by atoms with van der Waals surface area (Å²) in [5, 5.41) is 5.61. The molecule has 0 aliphatic rings. The Labute approximate surface area is 98.2 Å². The van der Waals surface area contributed by atoms with Crippen LogP contribution in [0.25, 0.3) is 0 Å². The van der Waals surface area contributed by atoms with Gasteiger partial charge in [0.15, 0.2) is 0 Å². The Morgan fingerprint density at radius 2 is 1.50 bits per heavy atom. The lowest BCUT2D eigenvalue weighted by Gasteiger charge is -2.05. The molecule has 0 unspecified atom stereocenters. The minimum atomic E-state index is 0.0641. The first kappa shape index (κ1) is 14.9. The Kier molecular flexibility index (Phi) is 9.76. The van der Waals surface area contributed by atoms with Gasteiger partial charge in [-0.1, -0.05) is 26.7 Å². The fourth-order valence-electron chi connectivity index (χ4n) is 1.29. The number of hydrogen-bond donors (Lipinski definition) is 2. The highest BCUT2D eigenvalue weighted by Gasteiger charge is 2.00. The van der Waals surface area contributed by atoms with Crippen molar-refractivity contribution < 1.29 is 9.59 Å². The average molecular weight is 228 g/mol. The van der Waals surface area contributed by atoms with Crippen LogP contribution in [0.1, 0.15) is 52.4 Å². The fourth-order valence-corrected chi connectivity index (χ4v) is 1.29. The van der Waals surface area contributed by atoms with E-state index in [2.05, 4.69) is 17.6 Å². The summed E-state index contributed by atoms with van der Waals surface area (Å²) < 4.78 is 0. The third kappa shape index (κ3) is 9.49. The summed E-state index contributed by atoms with van der Waals surface area (Å²) in [6, 6.07) is 0. The second kappa shape index (κ2) is 10.5. The Morgan fingerprint density at radius 3 is 2.06 bits per heavy atom. The molecule has 0 fully saturated rings. The predicted octanol–water partition coefficient (Wildman–Crippen LogP) is 1.60. The van der Waals surface area contributed by atoms with E-state index in [1.54, 1.807) is 0 Å². The van der Waals surface area contributed by atoms with Crippen LogP contribution >= 0.6 is 0 Å². The van der Waals surface area contributed by atoms with Crippen molar-refractivity contribution >= 4 is 11.8 Å². The van der Waals surface area contributed by atoms with Crippen LogP contribution in [0.5, 0.6) is 0 Å². The van der Waals surface area contributed by atoms with Gasteiger partial charge in [-0.05, 0) is 12.8 Å². The normalized spacial score (nSPS) is 9.88. The molecule has 0 aromatic carbocycles. The molecule has 0 aromatic heterocycles. The van der Waals surface area contributed by atoms with E-state index in [1.165, 1.54) is 0 Å². The van der Waals surface area contributed by atoms with Gasteiger partial charge in [0.1, 0.15) is 0 Å². The highest BCUT2D eigenvalue weighted by Crippen LogP contribution is 1.97. The third-order valence-corrected chi connectivity index (χ3v) is 2.33. The first-order valence-corrected chi connectivity index (χ1v) is 6.24. The molecule has 16 heavy (non-hydrogen) atoms. The van der Waals surface area contributed by atoms with Crippen molar-refractivity contribution in [1.82, 2.24) is 10.6 Å². The van der Waals surface area contributed by atoms with Crippen LogP contribution in [-0.4, -0.2) is 24.9 Å². The zero-order valence-electron chi connectivity index (χ0n) is 10.5. The van der Waals surface area contributed by atoms with Crippen LogP contribution in [0, 0.1) is 0 Å². The van der Waals surface area contributed by atoms with Crippen molar-refractivity contribution in [2.24, 2.45) is 0 Å². The van der Waals surface area contributed by atoms with Crippen molar-refractivity contribution in [1.29, 1.82) is 0 Å². The highest BCUT2D eigenvalue weighted by molar-refractivity contribution is 5.76. The summed E-state index contributed by atoms with van der Waals surface area (Å²) in [4.78, 5) is 22.2. The molecule has 4 nitrogen and oxygen atoms in total. The zero-order chi connectivity index (χ0) is 12.2. The number of hydrogen-bond acceptors (Lipinski definition) is 2. The number of rotatable bonds is 9. The third-order valence-electron chi connectivity index (χ3n) is 2.33. The second-order valence-corrected chi connectivity index (χ2v) is 3.86. The molecule has 2 amide bonds. The maximum absolute atomic E-state index is 11.3. The molecular formula is C12H24N2O2. The van der Waals surface area contributed by atoms with Crippen LogP contribution in [0.3, 0.4) is 0 Å². The molecule has 0 heterocycles. The number of carbonyl (C=O) groups is 2. The van der Waals surface area contributed by atoms with E-state index in [0.29, 0.717) is 25.9 Å². The molecule has 0 spiro atoms. The monoisotopic (exact) mass is 228 g/mol. The average Bonchev–Trinajstić information content (AvgIpc) is 2.28. The van der Waals surface area contributed by atoms with Crippen LogP contribution in [0.2, 0.25) is 0 Å². The van der Waals surface area contributed by atoms with Crippen molar-refractivity contribution in [3.63, 3.8) is 0 Å². The smallest absolute Gasteiger partial charge is 0.219 e. The minimum Gasteiger partial charge on any atom is -0.356 e. The van der Waals surface area contributed by atoms with E-state index >= 15 is 0 Å². The highest BCUT2D eigenvalue weighted by atomic mass is 16.2. The second-order valence-electron chi connectivity index (χ2n) is 3.86. The lowest BCUT2D eigenvalue weighted by Crippen LogP contribution is -2.29. The maximum atomic E-state index is 11.3. The van der Waals surface area contributed by atoms with Gasteiger partial charge in [0.05, 0.1) is 0 Å². The van der Waals surface area contributed by atoms with Gasteiger partial charge in [-0.2, -0.15) is 0 Å². The Hall–Kier alpha value is -1.06. The van der Waals surface area contributed by atoms with E-state index in [4.69, 9.17) is 0 Å². The summed E-state index contributed by atoms with van der Waals surface area (Å²) in [7, 11) is 0. The van der Waals surface area contributed by atoms with E-state index in [-0.39, 0.29) is 11.8 Å². The molecule has 0 aromatic rings. The lowest BCUT2D eigenvalue weighted by atomic mass is 10.2. The largest absolute Gasteiger partial charge is 0.356 e. The molecular weight excluding hydrogens is 204 g/mol. The first-order chi connectivity index (χ1) is 7.70. The number of unbranched alkanes of at least 4 members (excludes halogenated alkanes) is 2. The first-order valence-electron chi connectivity index (χ1n) is 6.24. The van der Waals surface area contributed by atoms with Gasteiger partial charge in [0, 0.05) is 25.9 Å². The molecule has 0 saturated heterocycles. The summed E-state index contributed by atoms with van der Waals surface area (Å²) in [5.74, 6) is 0.185. The van der Waals surface area contributed by atoms with Crippen molar-refractivity contribution in [3.05, 3.63) is 0 Å². The SMILES string of the molecule is CCCCCC(=O)NCCCNC(=O)CC. The topological polar surface area (TPSA) is 58.2 Å². The molecule has 4 heteroatoms. The molecule has 0 radical (unpaired) electrons. The van der Waals surface area contributed by atoms with Gasteiger partial charge < -0.3 is 10.6 Å². The van der Waals surface area contributed by atoms with Gasteiger partial charge in [0.2, 0.25) is 11.8 Å². The Morgan fingerprint density at radius 1 is 0.875 bits per heavy atom. The van der Waals surface area contributed by atoms with Crippen LogP contribution in [0.4, 0.5) is 0 Å². The summed E-state index contributed by atoms with van der Waals surface area (Å²) in [5.41, 5.74) is 0. The molecule has 2 N–H and O–H groups in total. The van der Waals surface area contributed by atoms with Crippen molar-refractivity contribution in [2.45, 2.75) is 52.4 Å². The molecule has 0 aliphatic carbocycles. The minimum absolute atomic E-state index is 0.0641. The number of carbonyl (C=O) groups excluding carboxylic acids is 2. The molecule has 0 bridgehead atoms. The number of amides is 2. The molecule has 94 valence electrons. The standard InChI is InChI=1S/C12H24N2O2/c1-3-5-6-8-12(16)14-10-7-9-13-11(15)4-2/h3-10H2,1-2H3,(H,13,15)(H,14,16). The summed E-state index contributed by atoms with van der Waals surface area (Å²) in [6.07, 6.45) is 5.15.